The molecule has 0 heterocycles. The second kappa shape index (κ2) is 9.05. The van der Waals surface area contributed by atoms with Crippen molar-refractivity contribution >= 4 is 0 Å². The van der Waals surface area contributed by atoms with Crippen LogP contribution < -0.4 is 5.32 Å². The second-order valence-electron chi connectivity index (χ2n) is 5.31. The van der Waals surface area contributed by atoms with Crippen molar-refractivity contribution in [2.24, 2.45) is 0 Å². The summed E-state index contributed by atoms with van der Waals surface area (Å²) in [5, 5.41) is 12.3. The van der Waals surface area contributed by atoms with Crippen molar-refractivity contribution < 1.29 is 18.3 Å². The molecule has 0 radical (unpaired) electrons. The van der Waals surface area contributed by atoms with Crippen molar-refractivity contribution in [2.45, 2.75) is 63.9 Å². The number of aliphatic hydroxyl groups excluding tert-OH is 1. The lowest BCUT2D eigenvalue weighted by Crippen LogP contribution is -2.47. The summed E-state index contributed by atoms with van der Waals surface area (Å²) in [4.78, 5) is 0. The van der Waals surface area contributed by atoms with Crippen LogP contribution in [0, 0.1) is 0 Å². The van der Waals surface area contributed by atoms with Gasteiger partial charge in [-0.25, -0.2) is 0 Å². The molecule has 1 rings (SSSR count). The topological polar surface area (TPSA) is 32.3 Å². The molecular weight excluding hydrogens is 279 g/mol. The van der Waals surface area contributed by atoms with E-state index in [4.69, 9.17) is 0 Å². The van der Waals surface area contributed by atoms with Gasteiger partial charge in [0.15, 0.2) is 6.10 Å². The highest BCUT2D eigenvalue weighted by molar-refractivity contribution is 5.14. The number of hydrogen-bond acceptors (Lipinski definition) is 2. The summed E-state index contributed by atoms with van der Waals surface area (Å²) in [6, 6.07) is 8.28. The SMILES string of the molecule is CCCCCC[C@H](NCc1ccccc1)[C@@H](O)C(F)(F)F. The lowest BCUT2D eigenvalue weighted by molar-refractivity contribution is -0.213. The van der Waals surface area contributed by atoms with Crippen LogP contribution in [0.2, 0.25) is 0 Å². The van der Waals surface area contributed by atoms with Gasteiger partial charge in [-0.05, 0) is 12.0 Å². The molecule has 5 heteroatoms. The quantitative estimate of drug-likeness (QED) is 0.675. The third kappa shape index (κ3) is 6.96. The standard InChI is InChI=1S/C16H24F3NO/c1-2-3-4-8-11-14(15(21)16(17,18)19)20-12-13-9-6-5-7-10-13/h5-7,9-10,14-15,20-21H,2-4,8,11-12H2,1H3/t14-,15+/m0/s1. The van der Waals surface area contributed by atoms with Crippen LogP contribution in [0.25, 0.3) is 0 Å². The van der Waals surface area contributed by atoms with Crippen LogP contribution in [0.1, 0.15) is 44.6 Å². The zero-order valence-corrected chi connectivity index (χ0v) is 12.4. The molecule has 0 aliphatic rings. The molecule has 0 aromatic heterocycles. The third-order valence-electron chi connectivity index (χ3n) is 3.50. The molecule has 0 fully saturated rings. The van der Waals surface area contributed by atoms with Crippen molar-refractivity contribution in [3.8, 4) is 0 Å². The highest BCUT2D eigenvalue weighted by Gasteiger charge is 2.42. The number of unbranched alkanes of at least 4 members (excludes halogenated alkanes) is 3. The zero-order valence-electron chi connectivity index (χ0n) is 12.4. The highest BCUT2D eigenvalue weighted by Crippen LogP contribution is 2.25. The predicted octanol–water partition coefficient (Wildman–Crippen LogP) is 4.04. The largest absolute Gasteiger partial charge is 0.415 e. The van der Waals surface area contributed by atoms with E-state index in [1.165, 1.54) is 0 Å². The van der Waals surface area contributed by atoms with Gasteiger partial charge < -0.3 is 10.4 Å². The fraction of sp³-hybridized carbons (Fsp3) is 0.625. The first-order chi connectivity index (χ1) is 9.95. The molecule has 0 spiro atoms. The fourth-order valence-corrected chi connectivity index (χ4v) is 2.24. The first kappa shape index (κ1) is 18.0. The van der Waals surface area contributed by atoms with E-state index in [1.54, 1.807) is 0 Å². The van der Waals surface area contributed by atoms with Crippen LogP contribution in [0.3, 0.4) is 0 Å². The number of hydrogen-bond donors (Lipinski definition) is 2. The second-order valence-corrected chi connectivity index (χ2v) is 5.31. The van der Waals surface area contributed by atoms with Gasteiger partial charge in [0.2, 0.25) is 0 Å². The monoisotopic (exact) mass is 303 g/mol. The number of benzene rings is 1. The van der Waals surface area contributed by atoms with E-state index in [2.05, 4.69) is 12.2 Å². The summed E-state index contributed by atoms with van der Waals surface area (Å²) in [6.07, 6.45) is -2.95. The Morgan fingerprint density at radius 2 is 1.76 bits per heavy atom. The van der Waals surface area contributed by atoms with Crippen LogP contribution in [-0.2, 0) is 6.54 Å². The maximum absolute atomic E-state index is 12.7. The van der Waals surface area contributed by atoms with E-state index in [-0.39, 0.29) is 0 Å². The molecular formula is C16H24F3NO. The minimum absolute atomic E-state index is 0.326. The van der Waals surface area contributed by atoms with E-state index in [0.717, 1.165) is 24.8 Å². The average Bonchev–Trinajstić information content (AvgIpc) is 2.46. The van der Waals surface area contributed by atoms with Crippen molar-refractivity contribution in [2.75, 3.05) is 0 Å². The Kier molecular flexibility index (Phi) is 7.75. The van der Waals surface area contributed by atoms with Gasteiger partial charge in [0.05, 0.1) is 0 Å². The molecule has 120 valence electrons. The number of halogens is 3. The molecule has 0 saturated heterocycles. The Morgan fingerprint density at radius 3 is 2.33 bits per heavy atom. The highest BCUT2D eigenvalue weighted by atomic mass is 19.4. The van der Waals surface area contributed by atoms with Crippen molar-refractivity contribution in [1.82, 2.24) is 5.32 Å². The van der Waals surface area contributed by atoms with Gasteiger partial charge >= 0.3 is 6.18 Å². The van der Waals surface area contributed by atoms with Gasteiger partial charge in [-0.3, -0.25) is 0 Å². The maximum Gasteiger partial charge on any atom is 0.415 e. The fourth-order valence-electron chi connectivity index (χ4n) is 2.24. The molecule has 2 atom stereocenters. The molecule has 0 aliphatic carbocycles. The smallest absolute Gasteiger partial charge is 0.382 e. The van der Waals surface area contributed by atoms with Crippen molar-refractivity contribution in [3.05, 3.63) is 35.9 Å². The minimum Gasteiger partial charge on any atom is -0.382 e. The summed E-state index contributed by atoms with van der Waals surface area (Å²) in [5.74, 6) is 0. The molecule has 0 bridgehead atoms. The third-order valence-corrected chi connectivity index (χ3v) is 3.50. The van der Waals surface area contributed by atoms with E-state index in [0.29, 0.717) is 19.4 Å². The Bertz CT molecular complexity index is 381. The van der Waals surface area contributed by atoms with E-state index in [9.17, 15) is 18.3 Å². The lowest BCUT2D eigenvalue weighted by atomic mass is 10.0. The molecule has 1 aromatic carbocycles. The normalized spacial score (nSPS) is 14.9. The van der Waals surface area contributed by atoms with E-state index in [1.807, 2.05) is 30.3 Å². The van der Waals surface area contributed by atoms with Crippen molar-refractivity contribution in [3.63, 3.8) is 0 Å². The number of aliphatic hydroxyl groups is 1. The van der Waals surface area contributed by atoms with Crippen LogP contribution in [0.5, 0.6) is 0 Å². The van der Waals surface area contributed by atoms with Gasteiger partial charge in [-0.15, -0.1) is 0 Å². The van der Waals surface area contributed by atoms with Crippen LogP contribution in [0.4, 0.5) is 13.2 Å². The molecule has 1 aromatic rings. The van der Waals surface area contributed by atoms with Crippen LogP contribution in [-0.4, -0.2) is 23.4 Å². The minimum atomic E-state index is -4.58. The molecule has 2 N–H and O–H groups in total. The predicted molar refractivity (Wildman–Crippen MR) is 77.9 cm³/mol. The zero-order chi connectivity index (χ0) is 15.7. The molecule has 0 saturated carbocycles. The lowest BCUT2D eigenvalue weighted by Gasteiger charge is -2.26. The molecule has 0 amide bonds. The first-order valence-electron chi connectivity index (χ1n) is 7.47. The van der Waals surface area contributed by atoms with Crippen molar-refractivity contribution in [1.29, 1.82) is 0 Å². The Labute approximate surface area is 124 Å². The molecule has 0 aliphatic heterocycles. The summed E-state index contributed by atoms with van der Waals surface area (Å²) < 4.78 is 38.1. The maximum atomic E-state index is 12.7. The summed E-state index contributed by atoms with van der Waals surface area (Å²) in [6.45, 7) is 2.38. The molecule has 2 nitrogen and oxygen atoms in total. The van der Waals surface area contributed by atoms with Gasteiger partial charge in [0.25, 0.3) is 0 Å². The average molecular weight is 303 g/mol. The van der Waals surface area contributed by atoms with Crippen LogP contribution in [0.15, 0.2) is 30.3 Å². The number of nitrogens with one attached hydrogen (secondary N) is 1. The van der Waals surface area contributed by atoms with E-state index >= 15 is 0 Å². The molecule has 21 heavy (non-hydrogen) atoms. The molecule has 0 unspecified atom stereocenters. The van der Waals surface area contributed by atoms with Gasteiger partial charge in [-0.1, -0.05) is 62.9 Å². The van der Waals surface area contributed by atoms with Crippen LogP contribution >= 0.6 is 0 Å². The van der Waals surface area contributed by atoms with Gasteiger partial charge in [-0.2, -0.15) is 13.2 Å². The van der Waals surface area contributed by atoms with Gasteiger partial charge in [0, 0.05) is 12.6 Å². The first-order valence-corrected chi connectivity index (χ1v) is 7.47. The summed E-state index contributed by atoms with van der Waals surface area (Å²) >= 11 is 0. The van der Waals surface area contributed by atoms with Gasteiger partial charge in [0.1, 0.15) is 0 Å². The Hall–Kier alpha value is -1.07. The summed E-state index contributed by atoms with van der Waals surface area (Å²) in [7, 11) is 0. The number of rotatable bonds is 9. The summed E-state index contributed by atoms with van der Waals surface area (Å²) in [5.41, 5.74) is 0.908. The Morgan fingerprint density at radius 1 is 1.10 bits per heavy atom. The Balaban J connectivity index is 2.54. The van der Waals surface area contributed by atoms with E-state index < -0.39 is 18.3 Å². The number of alkyl halides is 3.